The van der Waals surface area contributed by atoms with E-state index in [9.17, 15) is 14.4 Å². The Morgan fingerprint density at radius 1 is 1.26 bits per heavy atom. The zero-order chi connectivity index (χ0) is 22.1. The zero-order valence-electron chi connectivity index (χ0n) is 17.0. The number of halogens is 2. The number of anilines is 3. The number of aromatic nitrogens is 2. The van der Waals surface area contributed by atoms with Gasteiger partial charge in [-0.25, -0.2) is 0 Å². The van der Waals surface area contributed by atoms with E-state index in [-0.39, 0.29) is 34.8 Å². The average molecular weight is 464 g/mol. The van der Waals surface area contributed by atoms with Gasteiger partial charge in [-0.1, -0.05) is 30.1 Å². The van der Waals surface area contributed by atoms with Gasteiger partial charge < -0.3 is 15.5 Å². The van der Waals surface area contributed by atoms with Crippen molar-refractivity contribution >= 4 is 52.5 Å². The predicted molar refractivity (Wildman–Crippen MR) is 121 cm³/mol. The maximum Gasteiger partial charge on any atom is 0.258 e. The second-order valence-corrected chi connectivity index (χ2v) is 8.64. The number of aromatic amines is 1. The Kier molecular flexibility index (Phi) is 6.20. The Morgan fingerprint density at radius 2 is 2.06 bits per heavy atom. The fourth-order valence-electron chi connectivity index (χ4n) is 4.23. The van der Waals surface area contributed by atoms with Gasteiger partial charge in [0.15, 0.2) is 0 Å². The summed E-state index contributed by atoms with van der Waals surface area (Å²) in [5, 5.41) is 6.02. The van der Waals surface area contributed by atoms with Gasteiger partial charge in [-0.2, -0.15) is 4.98 Å². The van der Waals surface area contributed by atoms with E-state index in [1.807, 2.05) is 0 Å². The van der Waals surface area contributed by atoms with Crippen LogP contribution in [0.5, 0.6) is 0 Å². The summed E-state index contributed by atoms with van der Waals surface area (Å²) in [5.74, 6) is -1.24. The minimum absolute atomic E-state index is 0.143. The Bertz CT molecular complexity index is 1090. The monoisotopic (exact) mass is 463 g/mol. The number of amides is 2. The summed E-state index contributed by atoms with van der Waals surface area (Å²) in [6, 6.07) is 4.95. The zero-order valence-corrected chi connectivity index (χ0v) is 18.5. The van der Waals surface area contributed by atoms with E-state index >= 15 is 0 Å². The number of hydrogen-bond acceptors (Lipinski definition) is 5. The maximum absolute atomic E-state index is 13.0. The summed E-state index contributed by atoms with van der Waals surface area (Å²) in [5.41, 5.74) is 0.160. The number of nitrogens with one attached hydrogen (secondary N) is 3. The molecular weight excluding hydrogens is 441 g/mol. The molecule has 1 aromatic heterocycles. The van der Waals surface area contributed by atoms with Crippen molar-refractivity contribution < 1.29 is 9.59 Å². The largest absolute Gasteiger partial charge is 0.339 e. The van der Waals surface area contributed by atoms with E-state index in [0.717, 1.165) is 32.2 Å². The average Bonchev–Trinajstić information content (AvgIpc) is 2.75. The lowest BCUT2D eigenvalue weighted by molar-refractivity contribution is -0.123. The molecule has 3 N–H and O–H groups in total. The summed E-state index contributed by atoms with van der Waals surface area (Å²) < 4.78 is 0. The molecule has 1 fully saturated rings. The molecule has 10 heteroatoms. The van der Waals surface area contributed by atoms with Crippen molar-refractivity contribution in [1.29, 1.82) is 0 Å². The molecular formula is C21H23Cl2N5O3. The number of benzene rings is 1. The lowest BCUT2D eigenvalue weighted by atomic mass is 9.92. The van der Waals surface area contributed by atoms with Gasteiger partial charge in [0.25, 0.3) is 5.56 Å². The third kappa shape index (κ3) is 4.41. The van der Waals surface area contributed by atoms with Gasteiger partial charge in [-0.15, -0.1) is 0 Å². The molecule has 2 atom stereocenters. The van der Waals surface area contributed by atoms with Crippen LogP contribution in [-0.4, -0.2) is 34.4 Å². The first kappa shape index (κ1) is 21.6. The van der Waals surface area contributed by atoms with E-state index in [1.54, 1.807) is 12.1 Å². The molecule has 8 nitrogen and oxygen atoms in total. The van der Waals surface area contributed by atoms with Crippen LogP contribution >= 0.6 is 23.2 Å². The second kappa shape index (κ2) is 8.88. The highest BCUT2D eigenvalue weighted by Crippen LogP contribution is 2.32. The molecule has 0 spiro atoms. The fraction of sp³-hybridized carbons (Fsp3) is 0.429. The Hall–Kier alpha value is -2.58. The van der Waals surface area contributed by atoms with Crippen molar-refractivity contribution in [1.82, 2.24) is 9.97 Å². The lowest BCUT2D eigenvalue weighted by Crippen LogP contribution is -2.43. The van der Waals surface area contributed by atoms with Crippen molar-refractivity contribution in [2.45, 2.75) is 51.0 Å². The normalized spacial score (nSPS) is 20.7. The van der Waals surface area contributed by atoms with Crippen LogP contribution in [0, 0.1) is 0 Å². The number of nitrogens with zero attached hydrogens (tertiary/aromatic N) is 2. The third-order valence-corrected chi connectivity index (χ3v) is 6.55. The molecule has 2 amide bonds. The number of hydrogen-bond donors (Lipinski definition) is 3. The van der Waals surface area contributed by atoms with E-state index in [0.29, 0.717) is 16.7 Å². The van der Waals surface area contributed by atoms with Crippen LogP contribution in [0.15, 0.2) is 23.0 Å². The molecule has 0 aliphatic carbocycles. The molecule has 2 aliphatic heterocycles. The maximum atomic E-state index is 13.0. The van der Waals surface area contributed by atoms with Gasteiger partial charge in [0.2, 0.25) is 17.8 Å². The standard InChI is InChI=1S/C21H23Cl2N5O3/c1-2-12-5-3-4-8-28(12)21-26-18-17(20(31)27-21)13(10-16(29)25-18)19(30)24-11-6-7-14(22)15(23)9-11/h6-7,9,12-13H,2-5,8,10H2,1H3,(H,24,30)(H2,25,26,27,29,31)/t12-,13-/m1/s1. The van der Waals surface area contributed by atoms with Crippen LogP contribution in [0.2, 0.25) is 10.0 Å². The molecule has 0 saturated carbocycles. The summed E-state index contributed by atoms with van der Waals surface area (Å²) in [6.07, 6.45) is 3.96. The number of fused-ring (bicyclic) bond motifs is 1. The van der Waals surface area contributed by atoms with Crippen LogP contribution in [0.3, 0.4) is 0 Å². The van der Waals surface area contributed by atoms with Crippen molar-refractivity contribution in [2.24, 2.45) is 0 Å². The van der Waals surface area contributed by atoms with Gasteiger partial charge >= 0.3 is 0 Å². The number of piperidine rings is 1. The Labute approximate surface area is 189 Å². The van der Waals surface area contributed by atoms with E-state index in [4.69, 9.17) is 23.2 Å². The van der Waals surface area contributed by atoms with Crippen molar-refractivity contribution in [2.75, 3.05) is 22.1 Å². The smallest absolute Gasteiger partial charge is 0.258 e. The number of carbonyl (C=O) groups is 2. The molecule has 0 unspecified atom stereocenters. The van der Waals surface area contributed by atoms with Gasteiger partial charge in [0.05, 0.1) is 21.5 Å². The van der Waals surface area contributed by atoms with Crippen LogP contribution in [0.25, 0.3) is 0 Å². The van der Waals surface area contributed by atoms with Gasteiger partial charge in [-0.3, -0.25) is 19.4 Å². The Balaban J connectivity index is 1.65. The minimum Gasteiger partial charge on any atom is -0.339 e. The van der Waals surface area contributed by atoms with E-state index < -0.39 is 17.4 Å². The molecule has 3 heterocycles. The van der Waals surface area contributed by atoms with E-state index in [1.165, 1.54) is 6.07 Å². The van der Waals surface area contributed by atoms with Gasteiger partial charge in [0.1, 0.15) is 5.82 Å². The highest BCUT2D eigenvalue weighted by atomic mass is 35.5. The van der Waals surface area contributed by atoms with Crippen LogP contribution < -0.4 is 21.1 Å². The van der Waals surface area contributed by atoms with Gasteiger partial charge in [-0.05, 0) is 43.9 Å². The Morgan fingerprint density at radius 3 is 2.81 bits per heavy atom. The van der Waals surface area contributed by atoms with Gasteiger partial charge in [0, 0.05) is 24.7 Å². The quantitative estimate of drug-likeness (QED) is 0.636. The van der Waals surface area contributed by atoms with Crippen molar-refractivity contribution in [3.05, 3.63) is 44.2 Å². The van der Waals surface area contributed by atoms with Crippen molar-refractivity contribution in [3.63, 3.8) is 0 Å². The van der Waals surface area contributed by atoms with Crippen LogP contribution in [0.1, 0.15) is 50.5 Å². The molecule has 2 aromatic rings. The summed E-state index contributed by atoms with van der Waals surface area (Å²) in [6.45, 7) is 2.89. The molecule has 0 radical (unpaired) electrons. The second-order valence-electron chi connectivity index (χ2n) is 7.83. The first-order chi connectivity index (χ1) is 14.9. The third-order valence-electron chi connectivity index (χ3n) is 5.81. The highest BCUT2D eigenvalue weighted by molar-refractivity contribution is 6.42. The molecule has 1 aromatic carbocycles. The number of H-pyrrole nitrogens is 1. The highest BCUT2D eigenvalue weighted by Gasteiger charge is 2.35. The number of carbonyl (C=O) groups excluding carboxylic acids is 2. The molecule has 2 aliphatic rings. The molecule has 164 valence electrons. The summed E-state index contributed by atoms with van der Waals surface area (Å²) in [4.78, 5) is 47.7. The first-order valence-corrected chi connectivity index (χ1v) is 11.1. The summed E-state index contributed by atoms with van der Waals surface area (Å²) in [7, 11) is 0. The van der Waals surface area contributed by atoms with Crippen LogP contribution in [0.4, 0.5) is 17.5 Å². The molecule has 1 saturated heterocycles. The lowest BCUT2D eigenvalue weighted by Gasteiger charge is -2.36. The minimum atomic E-state index is -0.966. The summed E-state index contributed by atoms with van der Waals surface area (Å²) >= 11 is 11.9. The molecule has 31 heavy (non-hydrogen) atoms. The molecule has 0 bridgehead atoms. The fourth-order valence-corrected chi connectivity index (χ4v) is 4.52. The molecule has 4 rings (SSSR count). The number of rotatable bonds is 4. The first-order valence-electron chi connectivity index (χ1n) is 10.3. The topological polar surface area (TPSA) is 107 Å². The SMILES string of the molecule is CC[C@@H]1CCCCN1c1nc2c(c(=O)[nH]1)[C@H](C(=O)Nc1ccc(Cl)c(Cl)c1)CC(=O)N2. The van der Waals surface area contributed by atoms with E-state index in [2.05, 4.69) is 32.4 Å². The predicted octanol–water partition coefficient (Wildman–Crippen LogP) is 3.91. The van der Waals surface area contributed by atoms with Crippen molar-refractivity contribution in [3.8, 4) is 0 Å². The van der Waals surface area contributed by atoms with Crippen LogP contribution in [-0.2, 0) is 9.59 Å².